The minimum atomic E-state index is -2.14. The Kier molecular flexibility index (Phi) is 4.86. The van der Waals surface area contributed by atoms with Crippen molar-refractivity contribution in [1.29, 1.82) is 0 Å². The molecule has 3 nitrogen and oxygen atoms in total. The number of anilines is 1. The zero-order chi connectivity index (χ0) is 8.43. The van der Waals surface area contributed by atoms with Crippen LogP contribution < -0.4 is 10.1 Å². The Morgan fingerprint density at radius 1 is 1.42 bits per heavy atom. The standard InChI is InChI=1S/C6H8AsNO2S.ClH/c8-5-3-4(7(10)11)1-2-6(5)9;/h1-3,9-11H,8H2;1H. The number of halogens is 1. The van der Waals surface area contributed by atoms with E-state index in [1.807, 2.05) is 0 Å². The Hall–Kier alpha value is -0.0216. The van der Waals surface area contributed by atoms with Crippen molar-refractivity contribution in [2.24, 2.45) is 0 Å². The maximum atomic E-state index is 9.11. The molecule has 6 heteroatoms. The molecule has 4 N–H and O–H groups in total. The van der Waals surface area contributed by atoms with Crippen molar-refractivity contribution in [1.82, 2.24) is 0 Å². The van der Waals surface area contributed by atoms with E-state index in [0.29, 0.717) is 0 Å². The van der Waals surface area contributed by atoms with Crippen LogP contribution in [0.25, 0.3) is 0 Å². The summed E-state index contributed by atoms with van der Waals surface area (Å²) >= 11 is -2.14. The zero-order valence-corrected chi connectivity index (χ0v) is 9.59. The van der Waals surface area contributed by atoms with Crippen LogP contribution in [0.4, 0.5) is 5.69 Å². The molecule has 1 unspecified atom stereocenters. The van der Waals surface area contributed by atoms with Crippen LogP contribution in [0.15, 0.2) is 18.2 Å². The van der Waals surface area contributed by atoms with E-state index in [-0.39, 0.29) is 23.8 Å². The first kappa shape index (κ1) is 12.0. The number of benzene rings is 1. The van der Waals surface area contributed by atoms with Crippen molar-refractivity contribution in [2.75, 3.05) is 5.73 Å². The second kappa shape index (κ2) is 4.87. The van der Waals surface area contributed by atoms with E-state index < -0.39 is 13.8 Å². The van der Waals surface area contributed by atoms with Gasteiger partial charge in [0.1, 0.15) is 0 Å². The summed E-state index contributed by atoms with van der Waals surface area (Å²) in [5.41, 5.74) is 5.67. The first-order chi connectivity index (χ1) is 5.11. The van der Waals surface area contributed by atoms with Gasteiger partial charge in [0.2, 0.25) is 0 Å². The number of nitrogen functional groups attached to an aromatic ring is 1. The normalized spacial score (nSPS) is 11.8. The third kappa shape index (κ3) is 2.79. The van der Waals surface area contributed by atoms with Crippen molar-refractivity contribution < 1.29 is 9.20 Å². The molecular weight excluding hydrogens is 261 g/mol. The van der Waals surface area contributed by atoms with Gasteiger partial charge < -0.3 is 0 Å². The molecule has 0 aliphatic carbocycles. The number of thiol groups is 1. The molecule has 68 valence electrons. The molecule has 1 aromatic carbocycles. The fourth-order valence-corrected chi connectivity index (χ4v) is 2.28. The molecule has 1 aromatic rings. The number of aromatic hydroxyl groups is 1. The van der Waals surface area contributed by atoms with Crippen LogP contribution in [0.3, 0.4) is 0 Å². The van der Waals surface area contributed by atoms with Gasteiger partial charge in [0, 0.05) is 0 Å². The van der Waals surface area contributed by atoms with Crippen LogP contribution in [0, 0.1) is 0 Å². The average Bonchev–Trinajstić information content (AvgIpc) is 1.94. The molecular formula is C6H9AsClNO2S. The number of nitrogens with two attached hydrogens (primary N) is 1. The fraction of sp³-hybridized carbons (Fsp3) is 0. The van der Waals surface area contributed by atoms with Crippen LogP contribution in [0.1, 0.15) is 0 Å². The number of phenols is 1. The van der Waals surface area contributed by atoms with Gasteiger partial charge in [-0.3, -0.25) is 0 Å². The van der Waals surface area contributed by atoms with Crippen LogP contribution in [-0.2, 0) is 0 Å². The summed E-state index contributed by atoms with van der Waals surface area (Å²) in [4.78, 5) is 0. The molecule has 0 bridgehead atoms. The van der Waals surface area contributed by atoms with Gasteiger partial charge in [-0.05, 0) is 0 Å². The van der Waals surface area contributed by atoms with Gasteiger partial charge in [-0.15, -0.1) is 12.4 Å². The molecule has 0 aliphatic rings. The maximum absolute atomic E-state index is 9.11. The molecule has 12 heavy (non-hydrogen) atoms. The van der Waals surface area contributed by atoms with Gasteiger partial charge in [0.25, 0.3) is 0 Å². The van der Waals surface area contributed by atoms with Gasteiger partial charge in [-0.2, -0.15) is 0 Å². The Morgan fingerprint density at radius 3 is 2.42 bits per heavy atom. The molecule has 0 amide bonds. The van der Waals surface area contributed by atoms with E-state index >= 15 is 0 Å². The van der Waals surface area contributed by atoms with Gasteiger partial charge >= 0.3 is 73.7 Å². The summed E-state index contributed by atoms with van der Waals surface area (Å²) in [6.07, 6.45) is 0. The Bertz CT molecular complexity index is 272. The third-order valence-electron chi connectivity index (χ3n) is 1.24. The summed E-state index contributed by atoms with van der Waals surface area (Å²) in [7, 11) is 3.93. The zero-order valence-electron chi connectivity index (χ0n) is 6.01. The number of hydrogen-bond acceptors (Lipinski definition) is 4. The topological polar surface area (TPSA) is 66.5 Å². The summed E-state index contributed by atoms with van der Waals surface area (Å²) in [5, 5.41) is 9.01. The summed E-state index contributed by atoms with van der Waals surface area (Å²) in [5.74, 6) is 0.0398. The quantitative estimate of drug-likeness (QED) is 0.251. The van der Waals surface area contributed by atoms with E-state index in [2.05, 4.69) is 10.9 Å². The van der Waals surface area contributed by atoms with Crippen LogP contribution >= 0.6 is 23.3 Å². The average molecular weight is 270 g/mol. The van der Waals surface area contributed by atoms with Crippen LogP contribution in [-0.4, -0.2) is 23.0 Å². The monoisotopic (exact) mass is 269 g/mol. The van der Waals surface area contributed by atoms with E-state index in [1.165, 1.54) is 6.07 Å². The number of hydrogen-bond donors (Lipinski definition) is 4. The fourth-order valence-electron chi connectivity index (χ4n) is 0.666. The predicted molar refractivity (Wildman–Crippen MR) is 56.4 cm³/mol. The molecule has 1 rings (SSSR count). The Labute approximate surface area is 86.0 Å². The Balaban J connectivity index is 0.00000121. The Morgan fingerprint density at radius 2 is 2.00 bits per heavy atom. The molecule has 0 aliphatic heterocycles. The molecule has 0 heterocycles. The second-order valence-corrected chi connectivity index (χ2v) is 6.30. The summed E-state index contributed by atoms with van der Waals surface area (Å²) in [6, 6.07) is 4.62. The van der Waals surface area contributed by atoms with E-state index in [9.17, 15) is 0 Å². The van der Waals surface area contributed by atoms with Gasteiger partial charge in [-0.25, -0.2) is 0 Å². The minimum absolute atomic E-state index is 0. The third-order valence-corrected chi connectivity index (χ3v) is 3.99. The molecule has 0 aromatic heterocycles. The van der Waals surface area contributed by atoms with Gasteiger partial charge in [0.05, 0.1) is 0 Å². The molecule has 1 atom stereocenters. The van der Waals surface area contributed by atoms with E-state index in [1.54, 1.807) is 12.1 Å². The van der Waals surface area contributed by atoms with Crippen molar-refractivity contribution in [3.63, 3.8) is 0 Å². The number of phenolic OH excluding ortho intramolecular Hbond substituents is 1. The van der Waals surface area contributed by atoms with Crippen molar-refractivity contribution in [3.8, 4) is 5.75 Å². The molecule has 0 spiro atoms. The summed E-state index contributed by atoms with van der Waals surface area (Å²) < 4.78 is 9.83. The first-order valence-electron chi connectivity index (χ1n) is 2.87. The van der Waals surface area contributed by atoms with Gasteiger partial charge in [-0.1, -0.05) is 0 Å². The van der Waals surface area contributed by atoms with Gasteiger partial charge in [0.15, 0.2) is 0 Å². The van der Waals surface area contributed by atoms with Crippen molar-refractivity contribution >= 4 is 47.2 Å². The molecule has 0 radical (unpaired) electrons. The second-order valence-electron chi connectivity index (χ2n) is 2.03. The predicted octanol–water partition coefficient (Wildman–Crippen LogP) is 0.0135. The summed E-state index contributed by atoms with van der Waals surface area (Å²) in [6.45, 7) is 0. The molecule has 0 fully saturated rings. The van der Waals surface area contributed by atoms with E-state index in [4.69, 9.17) is 14.9 Å². The SMILES string of the molecule is Cl.Nc1cc([As](O)S)ccc1O. The van der Waals surface area contributed by atoms with Crippen molar-refractivity contribution in [2.45, 2.75) is 0 Å². The van der Waals surface area contributed by atoms with Crippen LogP contribution in [0.5, 0.6) is 5.75 Å². The first-order valence-corrected chi connectivity index (χ1v) is 7.57. The number of rotatable bonds is 1. The molecule has 0 saturated carbocycles. The van der Waals surface area contributed by atoms with Crippen LogP contribution in [0.2, 0.25) is 0 Å². The molecule has 0 saturated heterocycles. The van der Waals surface area contributed by atoms with Crippen molar-refractivity contribution in [3.05, 3.63) is 18.2 Å². The van der Waals surface area contributed by atoms with E-state index in [0.717, 1.165) is 4.35 Å².